The van der Waals surface area contributed by atoms with E-state index in [4.69, 9.17) is 9.84 Å². The van der Waals surface area contributed by atoms with Gasteiger partial charge in [-0.15, -0.1) is 0 Å². The number of anilines is 1. The Kier molecular flexibility index (Phi) is 5.10. The van der Waals surface area contributed by atoms with Gasteiger partial charge in [0, 0.05) is 43.5 Å². The summed E-state index contributed by atoms with van der Waals surface area (Å²) in [5, 5.41) is 13.6. The maximum atomic E-state index is 6.24. The number of ether oxygens (including phenoxy) is 1. The Labute approximate surface area is 182 Å². The van der Waals surface area contributed by atoms with Crippen molar-refractivity contribution >= 4 is 16.7 Å². The first-order valence-electron chi connectivity index (χ1n) is 10.9. The van der Waals surface area contributed by atoms with E-state index in [1.165, 1.54) is 5.56 Å². The minimum Gasteiger partial charge on any atom is -0.490 e. The van der Waals surface area contributed by atoms with Crippen LogP contribution in [0.5, 0.6) is 5.75 Å². The van der Waals surface area contributed by atoms with Crippen molar-refractivity contribution in [2.24, 2.45) is 7.05 Å². The number of hydrogen-bond donors (Lipinski definition) is 1. The van der Waals surface area contributed by atoms with E-state index in [1.807, 2.05) is 37.4 Å². The van der Waals surface area contributed by atoms with Gasteiger partial charge < -0.3 is 10.1 Å². The largest absolute Gasteiger partial charge is 0.490 e. The second-order valence-electron chi connectivity index (χ2n) is 8.39. The number of rotatable bonds is 5. The summed E-state index contributed by atoms with van der Waals surface area (Å²) in [5.74, 6) is 1.81. The van der Waals surface area contributed by atoms with Gasteiger partial charge in [0.2, 0.25) is 0 Å². The fourth-order valence-corrected chi connectivity index (χ4v) is 4.42. The van der Waals surface area contributed by atoms with E-state index in [-0.39, 0.29) is 6.10 Å². The second kappa shape index (κ2) is 8.06. The van der Waals surface area contributed by atoms with Crippen LogP contribution in [0.4, 0.5) is 5.82 Å². The normalized spacial score (nSPS) is 18.9. The minimum atomic E-state index is 0.258. The lowest BCUT2D eigenvalue weighted by Gasteiger charge is -2.29. The van der Waals surface area contributed by atoms with Crippen LogP contribution in [-0.4, -0.2) is 37.7 Å². The molecule has 160 valence electrons. The van der Waals surface area contributed by atoms with Gasteiger partial charge in [-0.3, -0.25) is 9.36 Å². The van der Waals surface area contributed by atoms with Gasteiger partial charge in [0.05, 0.1) is 23.9 Å². The summed E-state index contributed by atoms with van der Waals surface area (Å²) in [6, 6.07) is 10.8. The standard InChI is InChI=1S/C24H28N6O/c1-16-4-8-19(9-5-16)31-20-10-6-18(7-11-20)30-22-12-23(25-2)26-14-21(22)24(28-30)17-13-27-29(3)15-17/h4-5,8-9,12-15,18,20H,6-7,10-11H2,1-3H3,(H,25,26)/t18-,20+. The van der Waals surface area contributed by atoms with E-state index in [0.717, 1.165) is 59.4 Å². The Balaban J connectivity index is 1.40. The average molecular weight is 417 g/mol. The quantitative estimate of drug-likeness (QED) is 0.509. The molecule has 1 aromatic carbocycles. The minimum absolute atomic E-state index is 0.258. The summed E-state index contributed by atoms with van der Waals surface area (Å²) in [6.45, 7) is 2.10. The maximum absolute atomic E-state index is 6.24. The van der Waals surface area contributed by atoms with Crippen LogP contribution in [0.3, 0.4) is 0 Å². The zero-order chi connectivity index (χ0) is 21.4. The lowest BCUT2D eigenvalue weighted by atomic mass is 9.93. The van der Waals surface area contributed by atoms with E-state index < -0.39 is 0 Å². The SMILES string of the molecule is CNc1cc2c(cn1)c(-c1cnn(C)c1)nn2[C@H]1CC[C@@H](Oc2ccc(C)cc2)CC1. The summed E-state index contributed by atoms with van der Waals surface area (Å²) in [7, 11) is 3.82. The fourth-order valence-electron chi connectivity index (χ4n) is 4.42. The van der Waals surface area contributed by atoms with Crippen molar-refractivity contribution in [1.29, 1.82) is 0 Å². The number of aryl methyl sites for hydroxylation is 2. The van der Waals surface area contributed by atoms with Crippen LogP contribution in [-0.2, 0) is 7.05 Å². The molecule has 0 spiro atoms. The molecule has 1 saturated carbocycles. The molecule has 1 fully saturated rings. The molecule has 4 aromatic rings. The second-order valence-corrected chi connectivity index (χ2v) is 8.39. The predicted molar refractivity (Wildman–Crippen MR) is 122 cm³/mol. The van der Waals surface area contributed by atoms with Crippen molar-refractivity contribution in [3.8, 4) is 17.0 Å². The molecule has 0 unspecified atom stereocenters. The molecule has 7 nitrogen and oxygen atoms in total. The fraction of sp³-hybridized carbons (Fsp3) is 0.375. The molecule has 0 atom stereocenters. The Morgan fingerprint density at radius 1 is 1.06 bits per heavy atom. The number of pyridine rings is 1. The van der Waals surface area contributed by atoms with Gasteiger partial charge in [0.15, 0.2) is 0 Å². The van der Waals surface area contributed by atoms with Crippen molar-refractivity contribution in [1.82, 2.24) is 24.5 Å². The molecule has 0 bridgehead atoms. The molecule has 0 aliphatic heterocycles. The number of nitrogens with zero attached hydrogens (tertiary/aromatic N) is 5. The topological polar surface area (TPSA) is 69.8 Å². The van der Waals surface area contributed by atoms with Crippen LogP contribution in [0, 0.1) is 6.92 Å². The Hall–Kier alpha value is -3.35. The van der Waals surface area contributed by atoms with Gasteiger partial charge in [-0.05, 0) is 44.7 Å². The Morgan fingerprint density at radius 2 is 1.84 bits per heavy atom. The Bertz CT molecular complexity index is 1180. The van der Waals surface area contributed by atoms with E-state index in [1.54, 1.807) is 0 Å². The Morgan fingerprint density at radius 3 is 2.52 bits per heavy atom. The number of aromatic nitrogens is 5. The zero-order valence-corrected chi connectivity index (χ0v) is 18.2. The lowest BCUT2D eigenvalue weighted by molar-refractivity contribution is 0.131. The third-order valence-electron chi connectivity index (χ3n) is 6.14. The van der Waals surface area contributed by atoms with Gasteiger partial charge in [0.1, 0.15) is 17.3 Å². The maximum Gasteiger partial charge on any atom is 0.127 e. The van der Waals surface area contributed by atoms with E-state index >= 15 is 0 Å². The van der Waals surface area contributed by atoms with Gasteiger partial charge in [-0.2, -0.15) is 10.2 Å². The summed E-state index contributed by atoms with van der Waals surface area (Å²) >= 11 is 0. The highest BCUT2D eigenvalue weighted by Gasteiger charge is 2.27. The monoisotopic (exact) mass is 416 g/mol. The highest BCUT2D eigenvalue weighted by Crippen LogP contribution is 2.36. The number of fused-ring (bicyclic) bond motifs is 1. The molecule has 0 saturated heterocycles. The van der Waals surface area contributed by atoms with Crippen molar-refractivity contribution in [3.05, 3.63) is 54.5 Å². The predicted octanol–water partition coefficient (Wildman–Crippen LogP) is 4.74. The molecule has 1 aliphatic rings. The van der Waals surface area contributed by atoms with Gasteiger partial charge in [0.25, 0.3) is 0 Å². The van der Waals surface area contributed by atoms with Crippen LogP contribution >= 0.6 is 0 Å². The molecule has 5 rings (SSSR count). The summed E-state index contributed by atoms with van der Waals surface area (Å²) in [4.78, 5) is 4.53. The first-order valence-corrected chi connectivity index (χ1v) is 10.9. The van der Waals surface area contributed by atoms with Crippen molar-refractivity contribution in [3.63, 3.8) is 0 Å². The zero-order valence-electron chi connectivity index (χ0n) is 18.2. The van der Waals surface area contributed by atoms with Gasteiger partial charge in [-0.1, -0.05) is 17.7 Å². The van der Waals surface area contributed by atoms with Crippen molar-refractivity contribution < 1.29 is 4.74 Å². The van der Waals surface area contributed by atoms with Crippen LogP contribution in [0.15, 0.2) is 48.9 Å². The molecule has 7 heteroatoms. The van der Waals surface area contributed by atoms with Crippen molar-refractivity contribution in [2.45, 2.75) is 44.8 Å². The first kappa shape index (κ1) is 19.6. The highest BCUT2D eigenvalue weighted by atomic mass is 16.5. The van der Waals surface area contributed by atoms with Gasteiger partial charge >= 0.3 is 0 Å². The molecule has 0 amide bonds. The number of benzene rings is 1. The molecule has 3 aromatic heterocycles. The van der Waals surface area contributed by atoms with Gasteiger partial charge in [-0.25, -0.2) is 4.98 Å². The summed E-state index contributed by atoms with van der Waals surface area (Å²) in [6.07, 6.45) is 10.2. The number of nitrogens with one attached hydrogen (secondary N) is 1. The molecule has 1 aliphatic carbocycles. The molecular formula is C24H28N6O. The van der Waals surface area contributed by atoms with E-state index in [9.17, 15) is 0 Å². The smallest absolute Gasteiger partial charge is 0.127 e. The van der Waals surface area contributed by atoms with E-state index in [0.29, 0.717) is 6.04 Å². The molecule has 3 heterocycles. The van der Waals surface area contributed by atoms with Crippen LogP contribution in [0.25, 0.3) is 22.2 Å². The summed E-state index contributed by atoms with van der Waals surface area (Å²) in [5.41, 5.74) is 4.32. The average Bonchev–Trinajstić information content (AvgIpc) is 3.39. The highest BCUT2D eigenvalue weighted by molar-refractivity contribution is 5.93. The first-order chi connectivity index (χ1) is 15.1. The van der Waals surface area contributed by atoms with Crippen LogP contribution in [0.1, 0.15) is 37.3 Å². The number of hydrogen-bond acceptors (Lipinski definition) is 5. The van der Waals surface area contributed by atoms with E-state index in [2.05, 4.69) is 57.3 Å². The van der Waals surface area contributed by atoms with Crippen LogP contribution in [0.2, 0.25) is 0 Å². The third-order valence-corrected chi connectivity index (χ3v) is 6.14. The van der Waals surface area contributed by atoms with Crippen LogP contribution < -0.4 is 10.1 Å². The summed E-state index contributed by atoms with van der Waals surface area (Å²) < 4.78 is 10.2. The molecule has 1 N–H and O–H groups in total. The van der Waals surface area contributed by atoms with Crippen molar-refractivity contribution in [2.75, 3.05) is 12.4 Å². The lowest BCUT2D eigenvalue weighted by Crippen LogP contribution is -2.26. The molecular weight excluding hydrogens is 388 g/mol. The molecule has 31 heavy (non-hydrogen) atoms. The molecule has 0 radical (unpaired) electrons. The third kappa shape index (κ3) is 3.87.